The zero-order valence-electron chi connectivity index (χ0n) is 8.58. The normalized spacial score (nSPS) is 10.4. The van der Waals surface area contributed by atoms with E-state index in [1.54, 1.807) is 13.2 Å². The van der Waals surface area contributed by atoms with Gasteiger partial charge in [-0.15, -0.1) is 0 Å². The fraction of sp³-hybridized carbons (Fsp3) is 0.667. The van der Waals surface area contributed by atoms with Gasteiger partial charge in [0.2, 0.25) is 0 Å². The third-order valence-electron chi connectivity index (χ3n) is 1.67. The average Bonchev–Trinajstić information content (AvgIpc) is 2.65. The number of aromatic nitrogens is 1. The smallest absolute Gasteiger partial charge is 0.254 e. The SMILES string of the molecule is CCSCCNCc1cc(OC)no1. The number of hydrogen-bond donors (Lipinski definition) is 1. The molecule has 0 aliphatic heterocycles. The van der Waals surface area contributed by atoms with Crippen molar-refractivity contribution in [3.8, 4) is 5.88 Å². The highest BCUT2D eigenvalue weighted by atomic mass is 32.2. The molecule has 0 aliphatic carbocycles. The average molecular weight is 216 g/mol. The Morgan fingerprint density at radius 1 is 1.64 bits per heavy atom. The molecule has 0 bridgehead atoms. The largest absolute Gasteiger partial charge is 0.479 e. The van der Waals surface area contributed by atoms with Gasteiger partial charge < -0.3 is 14.6 Å². The van der Waals surface area contributed by atoms with Crippen molar-refractivity contribution in [2.45, 2.75) is 13.5 Å². The topological polar surface area (TPSA) is 47.3 Å². The molecule has 0 aromatic carbocycles. The van der Waals surface area contributed by atoms with Crippen molar-refractivity contribution in [1.29, 1.82) is 0 Å². The van der Waals surface area contributed by atoms with Crippen molar-refractivity contribution in [2.75, 3.05) is 25.2 Å². The van der Waals surface area contributed by atoms with Crippen molar-refractivity contribution in [3.05, 3.63) is 11.8 Å². The third kappa shape index (κ3) is 4.02. The summed E-state index contributed by atoms with van der Waals surface area (Å²) >= 11 is 1.92. The minimum Gasteiger partial charge on any atom is -0.479 e. The molecule has 1 heterocycles. The highest BCUT2D eigenvalue weighted by molar-refractivity contribution is 7.99. The molecular weight excluding hydrogens is 200 g/mol. The maximum Gasteiger partial charge on any atom is 0.254 e. The van der Waals surface area contributed by atoms with Crippen LogP contribution >= 0.6 is 11.8 Å². The lowest BCUT2D eigenvalue weighted by molar-refractivity contribution is 0.323. The molecule has 0 saturated carbocycles. The van der Waals surface area contributed by atoms with Gasteiger partial charge in [-0.25, -0.2) is 0 Å². The van der Waals surface area contributed by atoms with Gasteiger partial charge in [-0.3, -0.25) is 0 Å². The second-order valence-corrected chi connectivity index (χ2v) is 4.10. The third-order valence-corrected chi connectivity index (χ3v) is 2.57. The van der Waals surface area contributed by atoms with E-state index in [4.69, 9.17) is 9.26 Å². The van der Waals surface area contributed by atoms with E-state index in [9.17, 15) is 0 Å². The van der Waals surface area contributed by atoms with Gasteiger partial charge in [0.05, 0.1) is 13.7 Å². The Bertz CT molecular complexity index is 253. The number of hydrogen-bond acceptors (Lipinski definition) is 5. The van der Waals surface area contributed by atoms with Gasteiger partial charge in [-0.05, 0) is 10.9 Å². The molecule has 0 fully saturated rings. The van der Waals surface area contributed by atoms with Gasteiger partial charge in [0.25, 0.3) is 5.88 Å². The number of nitrogens with one attached hydrogen (secondary N) is 1. The monoisotopic (exact) mass is 216 g/mol. The summed E-state index contributed by atoms with van der Waals surface area (Å²) in [4.78, 5) is 0. The molecule has 0 amide bonds. The van der Waals surface area contributed by atoms with Gasteiger partial charge in [-0.1, -0.05) is 6.92 Å². The van der Waals surface area contributed by atoms with E-state index in [0.717, 1.165) is 23.8 Å². The van der Waals surface area contributed by atoms with Crippen molar-refractivity contribution < 1.29 is 9.26 Å². The Morgan fingerprint density at radius 3 is 3.14 bits per heavy atom. The van der Waals surface area contributed by atoms with E-state index in [0.29, 0.717) is 12.4 Å². The molecule has 1 N–H and O–H groups in total. The van der Waals surface area contributed by atoms with Gasteiger partial charge in [0.1, 0.15) is 0 Å². The van der Waals surface area contributed by atoms with Crippen molar-refractivity contribution >= 4 is 11.8 Å². The van der Waals surface area contributed by atoms with Gasteiger partial charge in [0.15, 0.2) is 5.76 Å². The van der Waals surface area contributed by atoms with E-state index >= 15 is 0 Å². The van der Waals surface area contributed by atoms with Gasteiger partial charge in [0, 0.05) is 18.4 Å². The number of rotatable bonds is 7. The molecular formula is C9H16N2O2S. The first kappa shape index (κ1) is 11.4. The van der Waals surface area contributed by atoms with Crippen LogP contribution in [0.5, 0.6) is 5.88 Å². The van der Waals surface area contributed by atoms with E-state index < -0.39 is 0 Å². The van der Waals surface area contributed by atoms with Crippen LogP contribution in [-0.4, -0.2) is 30.3 Å². The molecule has 80 valence electrons. The minimum absolute atomic E-state index is 0.532. The molecule has 5 heteroatoms. The Morgan fingerprint density at radius 2 is 2.50 bits per heavy atom. The van der Waals surface area contributed by atoms with Gasteiger partial charge >= 0.3 is 0 Å². The van der Waals surface area contributed by atoms with Crippen LogP contribution in [0.4, 0.5) is 0 Å². The van der Waals surface area contributed by atoms with Crippen LogP contribution in [0, 0.1) is 0 Å². The first-order valence-corrected chi connectivity index (χ1v) is 5.80. The Kier molecular flexibility index (Phi) is 5.47. The fourth-order valence-corrected chi connectivity index (χ4v) is 1.55. The van der Waals surface area contributed by atoms with Crippen LogP contribution < -0.4 is 10.1 Å². The summed E-state index contributed by atoms with van der Waals surface area (Å²) in [6.07, 6.45) is 0. The van der Waals surface area contributed by atoms with E-state index in [-0.39, 0.29) is 0 Å². The van der Waals surface area contributed by atoms with Crippen molar-refractivity contribution in [1.82, 2.24) is 10.5 Å². The van der Waals surface area contributed by atoms with Crippen molar-refractivity contribution in [2.24, 2.45) is 0 Å². The van der Waals surface area contributed by atoms with E-state index in [1.807, 2.05) is 11.8 Å². The summed E-state index contributed by atoms with van der Waals surface area (Å²) in [6.45, 7) is 3.86. The zero-order valence-corrected chi connectivity index (χ0v) is 9.39. The van der Waals surface area contributed by atoms with Crippen molar-refractivity contribution in [3.63, 3.8) is 0 Å². The summed E-state index contributed by atoms with van der Waals surface area (Å²) in [7, 11) is 1.58. The number of thioether (sulfide) groups is 1. The summed E-state index contributed by atoms with van der Waals surface area (Å²) in [5.74, 6) is 3.63. The molecule has 0 saturated heterocycles. The maximum atomic E-state index is 5.02. The Labute approximate surface area is 88.4 Å². The maximum absolute atomic E-state index is 5.02. The van der Waals surface area contributed by atoms with Crippen LogP contribution in [0.3, 0.4) is 0 Å². The standard InChI is InChI=1S/C9H16N2O2S/c1-3-14-5-4-10-7-8-6-9(12-2)11-13-8/h6,10H,3-5,7H2,1-2H3. The summed E-state index contributed by atoms with van der Waals surface area (Å²) in [5, 5.41) is 6.97. The molecule has 1 aromatic heterocycles. The Balaban J connectivity index is 2.12. The molecule has 14 heavy (non-hydrogen) atoms. The number of nitrogens with zero attached hydrogens (tertiary/aromatic N) is 1. The highest BCUT2D eigenvalue weighted by Crippen LogP contribution is 2.09. The van der Waals surface area contributed by atoms with Crippen LogP contribution in [0.25, 0.3) is 0 Å². The van der Waals surface area contributed by atoms with Crippen LogP contribution in [-0.2, 0) is 6.54 Å². The molecule has 0 aliphatic rings. The first-order valence-electron chi connectivity index (χ1n) is 4.65. The lowest BCUT2D eigenvalue weighted by Gasteiger charge is -1.99. The first-order chi connectivity index (χ1) is 6.86. The lowest BCUT2D eigenvalue weighted by Crippen LogP contribution is -2.16. The molecule has 0 spiro atoms. The molecule has 1 rings (SSSR count). The minimum atomic E-state index is 0.532. The van der Waals surface area contributed by atoms with Crippen LogP contribution in [0.2, 0.25) is 0 Å². The molecule has 1 aromatic rings. The summed E-state index contributed by atoms with van der Waals surface area (Å²) in [6, 6.07) is 1.79. The fourth-order valence-electron chi connectivity index (χ4n) is 0.974. The highest BCUT2D eigenvalue weighted by Gasteiger charge is 2.02. The molecule has 0 unspecified atom stereocenters. The molecule has 0 radical (unpaired) electrons. The Hall–Kier alpha value is -0.680. The zero-order chi connectivity index (χ0) is 10.2. The van der Waals surface area contributed by atoms with Crippen LogP contribution in [0.1, 0.15) is 12.7 Å². The second-order valence-electron chi connectivity index (χ2n) is 2.71. The van der Waals surface area contributed by atoms with E-state index in [2.05, 4.69) is 17.4 Å². The molecule has 0 atom stereocenters. The number of ether oxygens (including phenoxy) is 1. The quantitative estimate of drug-likeness (QED) is 0.700. The van der Waals surface area contributed by atoms with Gasteiger partial charge in [-0.2, -0.15) is 11.8 Å². The second kappa shape index (κ2) is 6.73. The molecule has 4 nitrogen and oxygen atoms in total. The van der Waals surface area contributed by atoms with E-state index in [1.165, 1.54) is 0 Å². The predicted octanol–water partition coefficient (Wildman–Crippen LogP) is 1.53. The van der Waals surface area contributed by atoms with Crippen LogP contribution in [0.15, 0.2) is 10.6 Å². The summed E-state index contributed by atoms with van der Waals surface area (Å²) in [5.41, 5.74) is 0. The lowest BCUT2D eigenvalue weighted by atomic mass is 10.4. The number of methoxy groups -OCH3 is 1. The summed E-state index contributed by atoms with van der Waals surface area (Å²) < 4.78 is 9.92. The predicted molar refractivity (Wildman–Crippen MR) is 57.8 cm³/mol.